The molecule has 2 nitrogen and oxygen atoms in total. The van der Waals surface area contributed by atoms with Gasteiger partial charge in [-0.1, -0.05) is 17.8 Å². The molecule has 1 aromatic carbocycles. The first-order valence-electron chi connectivity index (χ1n) is 4.99. The second kappa shape index (κ2) is 4.99. The van der Waals surface area contributed by atoms with Crippen molar-refractivity contribution in [3.63, 3.8) is 0 Å². The molecule has 2 aromatic rings. The van der Waals surface area contributed by atoms with Gasteiger partial charge in [-0.05, 0) is 37.1 Å². The van der Waals surface area contributed by atoms with Crippen LogP contribution in [0.15, 0.2) is 32.8 Å². The molecule has 1 aromatic heterocycles. The van der Waals surface area contributed by atoms with Gasteiger partial charge in [-0.3, -0.25) is 0 Å². The molecule has 16 heavy (non-hydrogen) atoms. The fourth-order valence-electron chi connectivity index (χ4n) is 1.39. The van der Waals surface area contributed by atoms with Crippen LogP contribution in [0.4, 0.5) is 0 Å². The molecule has 1 heterocycles. The lowest BCUT2D eigenvalue weighted by Gasteiger charge is -2.04. The Kier molecular flexibility index (Phi) is 3.63. The Labute approximate surface area is 103 Å². The summed E-state index contributed by atoms with van der Waals surface area (Å²) in [5, 5.41) is 11.1. The van der Waals surface area contributed by atoms with Gasteiger partial charge in [0.1, 0.15) is 0 Å². The molecular formula is C12H13NOS2. The van der Waals surface area contributed by atoms with E-state index in [0.717, 1.165) is 21.2 Å². The molecule has 0 aliphatic carbocycles. The second-order valence-electron chi connectivity index (χ2n) is 3.60. The molecule has 0 bridgehead atoms. The third kappa shape index (κ3) is 2.64. The monoisotopic (exact) mass is 251 g/mol. The molecule has 0 saturated heterocycles. The minimum Gasteiger partial charge on any atom is -0.392 e. The van der Waals surface area contributed by atoms with Gasteiger partial charge >= 0.3 is 0 Å². The summed E-state index contributed by atoms with van der Waals surface area (Å²) in [6, 6.07) is 6.09. The molecule has 1 N–H and O–H groups in total. The van der Waals surface area contributed by atoms with Crippen LogP contribution in [0.5, 0.6) is 0 Å². The average Bonchev–Trinajstić information content (AvgIpc) is 2.64. The van der Waals surface area contributed by atoms with Crippen molar-refractivity contribution in [1.29, 1.82) is 0 Å². The highest BCUT2D eigenvalue weighted by Gasteiger charge is 2.03. The van der Waals surface area contributed by atoms with E-state index in [4.69, 9.17) is 5.11 Å². The number of aryl methyl sites for hydroxylation is 2. The number of benzene rings is 1. The predicted molar refractivity (Wildman–Crippen MR) is 68.1 cm³/mol. The summed E-state index contributed by atoms with van der Waals surface area (Å²) in [4.78, 5) is 5.58. The highest BCUT2D eigenvalue weighted by Crippen LogP contribution is 2.31. The van der Waals surface area contributed by atoms with E-state index < -0.39 is 0 Å². The Balaban J connectivity index is 2.19. The lowest BCUT2D eigenvalue weighted by atomic mass is 10.1. The maximum absolute atomic E-state index is 9.09. The zero-order chi connectivity index (χ0) is 11.5. The number of hydrogen-bond donors (Lipinski definition) is 1. The van der Waals surface area contributed by atoms with E-state index in [-0.39, 0.29) is 6.61 Å². The van der Waals surface area contributed by atoms with Gasteiger partial charge in [0.2, 0.25) is 0 Å². The van der Waals surface area contributed by atoms with Crippen molar-refractivity contribution in [2.75, 3.05) is 0 Å². The molecule has 0 aliphatic rings. The van der Waals surface area contributed by atoms with Gasteiger partial charge in [-0.25, -0.2) is 4.98 Å². The Hall–Kier alpha value is -0.840. The summed E-state index contributed by atoms with van der Waals surface area (Å²) in [6.07, 6.45) is 0. The van der Waals surface area contributed by atoms with Crippen molar-refractivity contribution in [2.24, 2.45) is 0 Å². The normalized spacial score (nSPS) is 10.7. The smallest absolute Gasteiger partial charge is 0.154 e. The minimum atomic E-state index is 0.104. The summed E-state index contributed by atoms with van der Waals surface area (Å²) in [5.41, 5.74) is 3.18. The van der Waals surface area contributed by atoms with Crippen LogP contribution in [0.1, 0.15) is 16.8 Å². The van der Waals surface area contributed by atoms with Crippen LogP contribution in [0, 0.1) is 13.8 Å². The number of thiazole rings is 1. The summed E-state index contributed by atoms with van der Waals surface area (Å²) < 4.78 is 1.06. The van der Waals surface area contributed by atoms with Gasteiger partial charge in [-0.15, -0.1) is 11.3 Å². The molecule has 0 atom stereocenters. The Morgan fingerprint density at radius 1 is 1.38 bits per heavy atom. The van der Waals surface area contributed by atoms with E-state index in [1.807, 2.05) is 26.0 Å². The van der Waals surface area contributed by atoms with E-state index in [0.29, 0.717) is 0 Å². The number of hydrogen-bond acceptors (Lipinski definition) is 4. The Morgan fingerprint density at radius 2 is 2.19 bits per heavy atom. The minimum absolute atomic E-state index is 0.104. The zero-order valence-electron chi connectivity index (χ0n) is 9.23. The van der Waals surface area contributed by atoms with Gasteiger partial charge in [-0.2, -0.15) is 0 Å². The van der Waals surface area contributed by atoms with Crippen molar-refractivity contribution >= 4 is 23.1 Å². The molecule has 0 spiro atoms. The Bertz CT molecular complexity index is 494. The van der Waals surface area contributed by atoms with Gasteiger partial charge in [0.15, 0.2) is 4.34 Å². The van der Waals surface area contributed by atoms with Crippen molar-refractivity contribution in [1.82, 2.24) is 4.98 Å². The summed E-state index contributed by atoms with van der Waals surface area (Å²) in [6.45, 7) is 4.12. The van der Waals surface area contributed by atoms with Crippen LogP contribution in [-0.4, -0.2) is 10.1 Å². The van der Waals surface area contributed by atoms with E-state index >= 15 is 0 Å². The first-order chi connectivity index (χ1) is 7.69. The molecule has 2 rings (SSSR count). The SMILES string of the molecule is Cc1csc(Sc2ccc(CO)c(C)c2)n1. The third-order valence-corrected chi connectivity index (χ3v) is 4.33. The molecule has 0 aliphatic heterocycles. The van der Waals surface area contributed by atoms with E-state index in [2.05, 4.69) is 16.4 Å². The zero-order valence-corrected chi connectivity index (χ0v) is 10.9. The summed E-state index contributed by atoms with van der Waals surface area (Å²) in [5.74, 6) is 0. The number of rotatable bonds is 3. The molecule has 0 unspecified atom stereocenters. The molecule has 84 valence electrons. The number of aliphatic hydroxyl groups is 1. The highest BCUT2D eigenvalue weighted by molar-refractivity contribution is 8.01. The van der Waals surface area contributed by atoms with E-state index in [1.54, 1.807) is 23.1 Å². The standard InChI is InChI=1S/C12H13NOS2/c1-8-5-11(4-3-10(8)6-14)16-12-13-9(2)7-15-12/h3-5,7,14H,6H2,1-2H3. The number of aromatic nitrogens is 1. The molecule has 4 heteroatoms. The van der Waals surface area contributed by atoms with Gasteiger partial charge in [0.25, 0.3) is 0 Å². The highest BCUT2D eigenvalue weighted by atomic mass is 32.2. The van der Waals surface area contributed by atoms with Crippen molar-refractivity contribution in [2.45, 2.75) is 29.7 Å². The van der Waals surface area contributed by atoms with Crippen LogP contribution in [0.3, 0.4) is 0 Å². The lowest BCUT2D eigenvalue weighted by Crippen LogP contribution is -1.88. The van der Waals surface area contributed by atoms with Gasteiger partial charge in [0, 0.05) is 16.0 Å². The van der Waals surface area contributed by atoms with Crippen molar-refractivity contribution in [3.05, 3.63) is 40.4 Å². The van der Waals surface area contributed by atoms with Crippen LogP contribution in [0.25, 0.3) is 0 Å². The number of aliphatic hydroxyl groups excluding tert-OH is 1. The van der Waals surface area contributed by atoms with Crippen LogP contribution < -0.4 is 0 Å². The van der Waals surface area contributed by atoms with Gasteiger partial charge in [0.05, 0.1) is 6.61 Å². The van der Waals surface area contributed by atoms with Crippen molar-refractivity contribution in [3.8, 4) is 0 Å². The Morgan fingerprint density at radius 3 is 2.75 bits per heavy atom. The molecule has 0 fully saturated rings. The largest absolute Gasteiger partial charge is 0.392 e. The first kappa shape index (κ1) is 11.6. The average molecular weight is 251 g/mol. The van der Waals surface area contributed by atoms with Crippen LogP contribution in [-0.2, 0) is 6.61 Å². The molecule has 0 amide bonds. The molecular weight excluding hydrogens is 238 g/mol. The van der Waals surface area contributed by atoms with Crippen LogP contribution in [0.2, 0.25) is 0 Å². The fraction of sp³-hybridized carbons (Fsp3) is 0.250. The van der Waals surface area contributed by atoms with E-state index in [9.17, 15) is 0 Å². The second-order valence-corrected chi connectivity index (χ2v) is 5.78. The van der Waals surface area contributed by atoms with Crippen LogP contribution >= 0.6 is 23.1 Å². The summed E-state index contributed by atoms with van der Waals surface area (Å²) in [7, 11) is 0. The summed E-state index contributed by atoms with van der Waals surface area (Å²) >= 11 is 3.33. The first-order valence-corrected chi connectivity index (χ1v) is 6.69. The maximum atomic E-state index is 9.09. The topological polar surface area (TPSA) is 33.1 Å². The maximum Gasteiger partial charge on any atom is 0.154 e. The number of nitrogens with zero attached hydrogens (tertiary/aromatic N) is 1. The molecule has 0 radical (unpaired) electrons. The van der Waals surface area contributed by atoms with Crippen molar-refractivity contribution < 1.29 is 5.11 Å². The fourth-order valence-corrected chi connectivity index (χ4v) is 3.30. The quantitative estimate of drug-likeness (QED) is 0.907. The predicted octanol–water partition coefficient (Wildman–Crippen LogP) is 3.40. The molecule has 0 saturated carbocycles. The van der Waals surface area contributed by atoms with E-state index in [1.165, 1.54) is 4.90 Å². The lowest BCUT2D eigenvalue weighted by molar-refractivity contribution is 0.281. The third-order valence-electron chi connectivity index (χ3n) is 2.29. The van der Waals surface area contributed by atoms with Gasteiger partial charge < -0.3 is 5.11 Å².